The first-order valence-corrected chi connectivity index (χ1v) is 6.09. The summed E-state index contributed by atoms with van der Waals surface area (Å²) in [5.74, 6) is 0.400. The van der Waals surface area contributed by atoms with Gasteiger partial charge in [0.2, 0.25) is 11.0 Å². The Kier molecular flexibility index (Phi) is 5.83. The number of aromatic nitrogens is 2. The molecule has 0 aromatic carbocycles. The number of hydrogen-bond acceptors (Lipinski definition) is 5. The van der Waals surface area contributed by atoms with Crippen LogP contribution in [0.2, 0.25) is 0 Å². The van der Waals surface area contributed by atoms with Crippen LogP contribution in [0.25, 0.3) is 0 Å². The Labute approximate surface area is 113 Å². The molecule has 102 valence electrons. The number of carbonyl (C=O) groups is 1. The third kappa shape index (κ3) is 4.79. The highest BCUT2D eigenvalue weighted by Crippen LogP contribution is 2.27. The highest BCUT2D eigenvalue weighted by Gasteiger charge is 2.21. The third-order valence-corrected chi connectivity index (χ3v) is 3.14. The SMILES string of the molecule is Cl.O=C(CNCC1CC1)Nc1nnc(C(F)F)s1. The fourth-order valence-electron chi connectivity index (χ4n) is 1.25. The highest BCUT2D eigenvalue weighted by molar-refractivity contribution is 7.15. The van der Waals surface area contributed by atoms with Crippen molar-refractivity contribution in [1.82, 2.24) is 15.5 Å². The first kappa shape index (κ1) is 15.2. The van der Waals surface area contributed by atoms with Gasteiger partial charge in [-0.05, 0) is 25.3 Å². The first-order valence-electron chi connectivity index (χ1n) is 5.27. The van der Waals surface area contributed by atoms with E-state index in [1.54, 1.807) is 0 Å². The van der Waals surface area contributed by atoms with Gasteiger partial charge in [0.25, 0.3) is 6.43 Å². The molecule has 1 fully saturated rings. The molecule has 1 saturated carbocycles. The van der Waals surface area contributed by atoms with Crippen molar-refractivity contribution in [2.45, 2.75) is 19.3 Å². The third-order valence-electron chi connectivity index (χ3n) is 2.29. The molecule has 2 rings (SSSR count). The van der Waals surface area contributed by atoms with E-state index in [1.807, 2.05) is 0 Å². The number of amides is 1. The maximum atomic E-state index is 12.2. The van der Waals surface area contributed by atoms with Gasteiger partial charge < -0.3 is 5.32 Å². The molecule has 0 bridgehead atoms. The second-order valence-corrected chi connectivity index (χ2v) is 4.88. The smallest absolute Gasteiger partial charge is 0.291 e. The molecular formula is C9H13ClF2N4OS. The van der Waals surface area contributed by atoms with Crippen molar-refractivity contribution in [1.29, 1.82) is 0 Å². The lowest BCUT2D eigenvalue weighted by molar-refractivity contribution is -0.115. The average molecular weight is 299 g/mol. The van der Waals surface area contributed by atoms with Gasteiger partial charge in [0.1, 0.15) is 0 Å². The van der Waals surface area contributed by atoms with E-state index >= 15 is 0 Å². The van der Waals surface area contributed by atoms with Gasteiger partial charge in [0.05, 0.1) is 6.54 Å². The van der Waals surface area contributed by atoms with Crippen molar-refractivity contribution in [3.8, 4) is 0 Å². The molecule has 1 heterocycles. The number of carbonyl (C=O) groups excluding carboxylic acids is 1. The Hall–Kier alpha value is -0.860. The van der Waals surface area contributed by atoms with Crippen LogP contribution in [-0.2, 0) is 4.79 Å². The Morgan fingerprint density at radius 1 is 1.44 bits per heavy atom. The predicted octanol–water partition coefficient (Wildman–Crippen LogP) is 1.84. The molecule has 5 nitrogen and oxygen atoms in total. The Balaban J connectivity index is 0.00000162. The summed E-state index contributed by atoms with van der Waals surface area (Å²) in [5, 5.41) is 11.9. The summed E-state index contributed by atoms with van der Waals surface area (Å²) in [5.41, 5.74) is 0. The quantitative estimate of drug-likeness (QED) is 0.841. The van der Waals surface area contributed by atoms with Crippen LogP contribution in [0, 0.1) is 5.92 Å². The molecule has 1 aliphatic rings. The van der Waals surface area contributed by atoms with E-state index in [1.165, 1.54) is 12.8 Å². The van der Waals surface area contributed by atoms with E-state index in [0.29, 0.717) is 17.3 Å². The molecule has 1 aromatic rings. The summed E-state index contributed by atoms with van der Waals surface area (Å²) in [6.45, 7) is 0.992. The van der Waals surface area contributed by atoms with E-state index in [9.17, 15) is 13.6 Å². The van der Waals surface area contributed by atoms with Crippen molar-refractivity contribution in [2.75, 3.05) is 18.4 Å². The fourth-order valence-corrected chi connectivity index (χ4v) is 1.86. The fraction of sp³-hybridized carbons (Fsp3) is 0.667. The molecule has 0 atom stereocenters. The molecule has 0 aliphatic heterocycles. The zero-order chi connectivity index (χ0) is 12.3. The van der Waals surface area contributed by atoms with Gasteiger partial charge in [-0.1, -0.05) is 11.3 Å². The number of nitrogens with one attached hydrogen (secondary N) is 2. The van der Waals surface area contributed by atoms with E-state index in [4.69, 9.17) is 0 Å². The van der Waals surface area contributed by atoms with Crippen LogP contribution in [0.5, 0.6) is 0 Å². The first-order chi connectivity index (χ1) is 8.15. The van der Waals surface area contributed by atoms with Crippen molar-refractivity contribution < 1.29 is 13.6 Å². The largest absolute Gasteiger partial charge is 0.308 e. The molecule has 0 saturated heterocycles. The minimum absolute atomic E-state index is 0. The lowest BCUT2D eigenvalue weighted by atomic mass is 10.4. The van der Waals surface area contributed by atoms with Crippen molar-refractivity contribution in [3.63, 3.8) is 0 Å². The Morgan fingerprint density at radius 2 is 2.17 bits per heavy atom. The normalized spacial score (nSPS) is 14.4. The number of nitrogens with zero attached hydrogens (tertiary/aromatic N) is 2. The summed E-state index contributed by atoms with van der Waals surface area (Å²) < 4.78 is 24.4. The Bertz CT molecular complexity index is 400. The molecule has 0 spiro atoms. The van der Waals surface area contributed by atoms with Gasteiger partial charge in [-0.15, -0.1) is 22.6 Å². The van der Waals surface area contributed by atoms with Crippen molar-refractivity contribution >= 4 is 34.8 Å². The van der Waals surface area contributed by atoms with Crippen LogP contribution in [0.4, 0.5) is 13.9 Å². The predicted molar refractivity (Wildman–Crippen MR) is 66.3 cm³/mol. The van der Waals surface area contributed by atoms with Crippen LogP contribution < -0.4 is 10.6 Å². The highest BCUT2D eigenvalue weighted by atomic mass is 35.5. The van der Waals surface area contributed by atoms with Gasteiger partial charge in [-0.25, -0.2) is 8.78 Å². The monoisotopic (exact) mass is 298 g/mol. The minimum atomic E-state index is -2.65. The van der Waals surface area contributed by atoms with Gasteiger partial charge in [-0.2, -0.15) is 0 Å². The minimum Gasteiger partial charge on any atom is -0.308 e. The molecule has 18 heavy (non-hydrogen) atoms. The maximum absolute atomic E-state index is 12.2. The van der Waals surface area contributed by atoms with E-state index in [-0.39, 0.29) is 35.0 Å². The summed E-state index contributed by atoms with van der Waals surface area (Å²) >= 11 is 0.689. The topological polar surface area (TPSA) is 66.9 Å². The van der Waals surface area contributed by atoms with Gasteiger partial charge >= 0.3 is 0 Å². The molecular weight excluding hydrogens is 286 g/mol. The molecule has 1 amide bonds. The summed E-state index contributed by atoms with van der Waals surface area (Å²) in [7, 11) is 0. The molecule has 0 unspecified atom stereocenters. The molecule has 1 aromatic heterocycles. The molecule has 2 N–H and O–H groups in total. The summed E-state index contributed by atoms with van der Waals surface area (Å²) in [6, 6.07) is 0. The van der Waals surface area contributed by atoms with E-state index in [2.05, 4.69) is 20.8 Å². The number of hydrogen-bond donors (Lipinski definition) is 2. The van der Waals surface area contributed by atoms with Gasteiger partial charge in [0.15, 0.2) is 5.01 Å². The number of anilines is 1. The zero-order valence-electron chi connectivity index (χ0n) is 9.36. The molecule has 1 aliphatic carbocycles. The van der Waals surface area contributed by atoms with Crippen LogP contribution >= 0.6 is 23.7 Å². The molecule has 9 heteroatoms. The zero-order valence-corrected chi connectivity index (χ0v) is 11.0. The summed E-state index contributed by atoms with van der Waals surface area (Å²) in [6.07, 6.45) is -0.225. The van der Waals surface area contributed by atoms with Crippen LogP contribution in [0.1, 0.15) is 24.3 Å². The van der Waals surface area contributed by atoms with Gasteiger partial charge in [-0.3, -0.25) is 10.1 Å². The number of halogens is 3. The lowest BCUT2D eigenvalue weighted by Crippen LogP contribution is -2.29. The van der Waals surface area contributed by atoms with Crippen molar-refractivity contribution in [2.24, 2.45) is 5.92 Å². The molecule has 0 radical (unpaired) electrons. The van der Waals surface area contributed by atoms with Crippen LogP contribution in [0.15, 0.2) is 0 Å². The second-order valence-electron chi connectivity index (χ2n) is 3.87. The van der Waals surface area contributed by atoms with Gasteiger partial charge in [0, 0.05) is 0 Å². The van der Waals surface area contributed by atoms with Crippen LogP contribution in [0.3, 0.4) is 0 Å². The van der Waals surface area contributed by atoms with E-state index in [0.717, 1.165) is 6.54 Å². The Morgan fingerprint density at radius 3 is 2.72 bits per heavy atom. The van der Waals surface area contributed by atoms with Crippen molar-refractivity contribution in [3.05, 3.63) is 5.01 Å². The average Bonchev–Trinajstić information content (AvgIpc) is 2.96. The number of alkyl halides is 2. The lowest BCUT2D eigenvalue weighted by Gasteiger charge is -2.02. The standard InChI is InChI=1S/C9H12F2N4OS.ClH/c10-7(11)8-14-15-9(17-8)13-6(16)4-12-3-5-1-2-5;/h5,7,12H,1-4H2,(H,13,15,16);1H. The maximum Gasteiger partial charge on any atom is 0.291 e. The second kappa shape index (κ2) is 6.91. The summed E-state index contributed by atoms with van der Waals surface area (Å²) in [4.78, 5) is 11.4. The van der Waals surface area contributed by atoms with E-state index < -0.39 is 6.43 Å². The number of rotatable bonds is 6. The van der Waals surface area contributed by atoms with Crippen LogP contribution in [-0.4, -0.2) is 29.2 Å².